The molecule has 10 heteroatoms. The molecule has 4 aromatic rings. The number of amides is 1. The van der Waals surface area contributed by atoms with Crippen LogP contribution in [0.4, 0.5) is 5.13 Å². The van der Waals surface area contributed by atoms with E-state index < -0.39 is 18.5 Å². The number of benzene rings is 2. The molecule has 0 aliphatic carbocycles. The van der Waals surface area contributed by atoms with Crippen LogP contribution in [0.2, 0.25) is 0 Å². The summed E-state index contributed by atoms with van der Waals surface area (Å²) in [4.78, 5) is 33.4. The van der Waals surface area contributed by atoms with E-state index in [2.05, 4.69) is 15.3 Å². The SMILES string of the molecule is COc1ccc(OC)c(-c2csc(NC(=O)COC(=O)c3ccccc3Oc3cccnc3)n2)c1. The van der Waals surface area contributed by atoms with E-state index in [1.165, 1.54) is 17.5 Å². The van der Waals surface area contributed by atoms with Gasteiger partial charge in [-0.05, 0) is 42.5 Å². The number of aromatic nitrogens is 2. The minimum Gasteiger partial charge on any atom is -0.497 e. The first kappa shape index (κ1) is 23.7. The first-order valence-electron chi connectivity index (χ1n) is 10.4. The molecule has 0 spiro atoms. The van der Waals surface area contributed by atoms with Gasteiger partial charge in [0.15, 0.2) is 11.7 Å². The van der Waals surface area contributed by atoms with Crippen molar-refractivity contribution in [3.8, 4) is 34.3 Å². The predicted octanol–water partition coefficient (Wildman–Crippen LogP) is 4.81. The van der Waals surface area contributed by atoms with E-state index in [1.807, 2.05) is 0 Å². The van der Waals surface area contributed by atoms with Gasteiger partial charge in [-0.1, -0.05) is 12.1 Å². The van der Waals surface area contributed by atoms with Gasteiger partial charge in [-0.2, -0.15) is 0 Å². The Balaban J connectivity index is 1.38. The number of thiazole rings is 1. The summed E-state index contributed by atoms with van der Waals surface area (Å²) in [5.41, 5.74) is 1.52. The second kappa shape index (κ2) is 11.1. The van der Waals surface area contributed by atoms with E-state index in [4.69, 9.17) is 18.9 Å². The molecule has 0 bridgehead atoms. The van der Waals surface area contributed by atoms with Gasteiger partial charge in [0, 0.05) is 17.1 Å². The van der Waals surface area contributed by atoms with E-state index in [0.29, 0.717) is 33.8 Å². The molecule has 0 fully saturated rings. The number of carbonyl (C=O) groups excluding carboxylic acids is 2. The number of hydrogen-bond acceptors (Lipinski definition) is 9. The Morgan fingerprint density at radius 2 is 1.83 bits per heavy atom. The van der Waals surface area contributed by atoms with Gasteiger partial charge in [-0.3, -0.25) is 15.1 Å². The average molecular weight is 492 g/mol. The van der Waals surface area contributed by atoms with Crippen molar-refractivity contribution in [3.05, 3.63) is 77.9 Å². The van der Waals surface area contributed by atoms with Crippen LogP contribution < -0.4 is 19.5 Å². The molecule has 0 aliphatic rings. The van der Waals surface area contributed by atoms with Crippen LogP contribution in [-0.4, -0.2) is 42.7 Å². The van der Waals surface area contributed by atoms with Crippen LogP contribution in [0.15, 0.2) is 72.4 Å². The highest BCUT2D eigenvalue weighted by atomic mass is 32.1. The van der Waals surface area contributed by atoms with Crippen molar-refractivity contribution in [2.75, 3.05) is 26.1 Å². The van der Waals surface area contributed by atoms with Gasteiger partial charge in [0.2, 0.25) is 0 Å². The highest BCUT2D eigenvalue weighted by molar-refractivity contribution is 7.14. The summed E-state index contributed by atoms with van der Waals surface area (Å²) in [5.74, 6) is 0.817. The molecule has 2 aromatic heterocycles. The first-order chi connectivity index (χ1) is 17.1. The second-order valence-corrected chi connectivity index (χ2v) is 7.87. The third-order valence-corrected chi connectivity index (χ3v) is 5.49. The Bertz CT molecular complexity index is 1330. The van der Waals surface area contributed by atoms with Gasteiger partial charge in [0.25, 0.3) is 5.91 Å². The smallest absolute Gasteiger partial charge is 0.342 e. The highest BCUT2D eigenvalue weighted by Crippen LogP contribution is 2.35. The monoisotopic (exact) mass is 491 g/mol. The third-order valence-electron chi connectivity index (χ3n) is 4.74. The van der Waals surface area contributed by atoms with Crippen LogP contribution in [0.25, 0.3) is 11.3 Å². The normalized spacial score (nSPS) is 10.3. The van der Waals surface area contributed by atoms with Crippen molar-refractivity contribution < 1.29 is 28.5 Å². The zero-order valence-corrected chi connectivity index (χ0v) is 19.7. The van der Waals surface area contributed by atoms with Gasteiger partial charge in [0.1, 0.15) is 28.6 Å². The molecule has 1 N–H and O–H groups in total. The van der Waals surface area contributed by atoms with Crippen LogP contribution in [-0.2, 0) is 9.53 Å². The number of hydrogen-bond donors (Lipinski definition) is 1. The number of anilines is 1. The fourth-order valence-corrected chi connectivity index (χ4v) is 3.82. The van der Waals surface area contributed by atoms with E-state index in [-0.39, 0.29) is 5.56 Å². The zero-order chi connectivity index (χ0) is 24.6. The van der Waals surface area contributed by atoms with Crippen molar-refractivity contribution in [2.24, 2.45) is 0 Å². The van der Waals surface area contributed by atoms with Gasteiger partial charge in [0.05, 0.1) is 26.1 Å². The molecular weight excluding hydrogens is 470 g/mol. The Hall–Kier alpha value is -4.44. The second-order valence-electron chi connectivity index (χ2n) is 7.02. The van der Waals surface area contributed by atoms with Gasteiger partial charge >= 0.3 is 5.97 Å². The maximum Gasteiger partial charge on any atom is 0.342 e. The van der Waals surface area contributed by atoms with Crippen molar-refractivity contribution in [1.29, 1.82) is 0 Å². The maximum atomic E-state index is 12.6. The summed E-state index contributed by atoms with van der Waals surface area (Å²) in [6, 6.07) is 15.4. The largest absolute Gasteiger partial charge is 0.497 e. The molecule has 0 atom stereocenters. The molecular formula is C25H21N3O6S. The number of esters is 1. The van der Waals surface area contributed by atoms with Gasteiger partial charge in [-0.15, -0.1) is 11.3 Å². The molecule has 1 amide bonds. The molecule has 2 aromatic carbocycles. The lowest BCUT2D eigenvalue weighted by atomic mass is 10.1. The molecule has 9 nitrogen and oxygen atoms in total. The number of pyridine rings is 1. The summed E-state index contributed by atoms with van der Waals surface area (Å²) in [5, 5.41) is 4.77. The number of rotatable bonds is 9. The lowest BCUT2D eigenvalue weighted by Gasteiger charge is -2.10. The molecule has 178 valence electrons. The Labute approximate surface area is 205 Å². The average Bonchev–Trinajstić information content (AvgIpc) is 3.36. The van der Waals surface area contributed by atoms with Crippen LogP contribution in [0, 0.1) is 0 Å². The van der Waals surface area contributed by atoms with Crippen LogP contribution >= 0.6 is 11.3 Å². The molecule has 0 aliphatic heterocycles. The maximum absolute atomic E-state index is 12.6. The van der Waals surface area contributed by atoms with Gasteiger partial charge < -0.3 is 18.9 Å². The molecule has 2 heterocycles. The van der Waals surface area contributed by atoms with Crippen molar-refractivity contribution in [2.45, 2.75) is 0 Å². The summed E-state index contributed by atoms with van der Waals surface area (Å²) >= 11 is 1.23. The molecule has 0 saturated carbocycles. The Morgan fingerprint density at radius 1 is 0.971 bits per heavy atom. The predicted molar refractivity (Wildman–Crippen MR) is 130 cm³/mol. The molecule has 0 unspecified atom stereocenters. The molecule has 4 rings (SSSR count). The minimum absolute atomic E-state index is 0.186. The topological polar surface area (TPSA) is 109 Å². The summed E-state index contributed by atoms with van der Waals surface area (Å²) in [6.45, 7) is -0.489. The Kier molecular flexibility index (Phi) is 7.53. The van der Waals surface area contributed by atoms with E-state index >= 15 is 0 Å². The standard InChI is InChI=1S/C25H21N3O6S/c1-31-16-9-10-21(32-2)19(12-16)20-15-35-25(27-20)28-23(29)14-33-24(30)18-7-3-4-8-22(18)34-17-6-5-11-26-13-17/h3-13,15H,14H2,1-2H3,(H,27,28,29). The summed E-state index contributed by atoms with van der Waals surface area (Å²) in [7, 11) is 3.14. The van der Waals surface area contributed by atoms with Crippen LogP contribution in [0.5, 0.6) is 23.0 Å². The number of nitrogens with zero attached hydrogens (tertiary/aromatic N) is 2. The summed E-state index contributed by atoms with van der Waals surface area (Å²) in [6.07, 6.45) is 3.14. The van der Waals surface area contributed by atoms with Crippen molar-refractivity contribution in [1.82, 2.24) is 9.97 Å². The number of ether oxygens (including phenoxy) is 4. The van der Waals surface area contributed by atoms with E-state index in [1.54, 1.807) is 80.4 Å². The lowest BCUT2D eigenvalue weighted by Crippen LogP contribution is -2.21. The quantitative estimate of drug-likeness (QED) is 0.332. The highest BCUT2D eigenvalue weighted by Gasteiger charge is 2.17. The molecule has 35 heavy (non-hydrogen) atoms. The van der Waals surface area contributed by atoms with Gasteiger partial charge in [-0.25, -0.2) is 9.78 Å². The fourth-order valence-electron chi connectivity index (χ4n) is 3.09. The third kappa shape index (κ3) is 5.92. The Morgan fingerprint density at radius 3 is 2.60 bits per heavy atom. The lowest BCUT2D eigenvalue weighted by molar-refractivity contribution is -0.119. The van der Waals surface area contributed by atoms with Crippen molar-refractivity contribution >= 4 is 28.3 Å². The number of nitrogens with one attached hydrogen (secondary N) is 1. The minimum atomic E-state index is -0.694. The number of carbonyl (C=O) groups is 2. The van der Waals surface area contributed by atoms with Crippen LogP contribution in [0.3, 0.4) is 0 Å². The van der Waals surface area contributed by atoms with Crippen LogP contribution in [0.1, 0.15) is 10.4 Å². The molecule has 0 saturated heterocycles. The zero-order valence-electron chi connectivity index (χ0n) is 18.9. The number of para-hydroxylation sites is 1. The van der Waals surface area contributed by atoms with E-state index in [0.717, 1.165) is 5.56 Å². The molecule has 0 radical (unpaired) electrons. The van der Waals surface area contributed by atoms with E-state index in [9.17, 15) is 9.59 Å². The van der Waals surface area contributed by atoms with Crippen molar-refractivity contribution in [3.63, 3.8) is 0 Å². The summed E-state index contributed by atoms with van der Waals surface area (Å²) < 4.78 is 21.6. The first-order valence-corrected chi connectivity index (χ1v) is 11.3. The fraction of sp³-hybridized carbons (Fsp3) is 0.120. The number of methoxy groups -OCH3 is 2.